The van der Waals surface area contributed by atoms with Crippen LogP contribution in [0.2, 0.25) is 0 Å². The predicted molar refractivity (Wildman–Crippen MR) is 112 cm³/mol. The number of rotatable bonds is 4. The lowest BCUT2D eigenvalue weighted by atomic mass is 10.0. The van der Waals surface area contributed by atoms with Crippen molar-refractivity contribution in [3.63, 3.8) is 0 Å². The molecule has 7 heteroatoms. The molecule has 0 bridgehead atoms. The van der Waals surface area contributed by atoms with Crippen molar-refractivity contribution in [3.8, 4) is 0 Å². The van der Waals surface area contributed by atoms with E-state index in [1.54, 1.807) is 29.2 Å². The van der Waals surface area contributed by atoms with E-state index >= 15 is 0 Å². The molecular formula is C23H23FN4O2. The number of halogens is 1. The fraction of sp³-hybridized carbons (Fsp3) is 0.348. The average molecular weight is 406 g/mol. The summed E-state index contributed by atoms with van der Waals surface area (Å²) in [6.07, 6.45) is 2.83. The van der Waals surface area contributed by atoms with Crippen LogP contribution in [0.15, 0.2) is 47.3 Å². The first-order chi connectivity index (χ1) is 14.6. The van der Waals surface area contributed by atoms with Crippen molar-refractivity contribution in [1.82, 2.24) is 20.0 Å². The first-order valence-electron chi connectivity index (χ1n) is 10.4. The molecule has 2 aliphatic rings. The van der Waals surface area contributed by atoms with E-state index < -0.39 is 5.82 Å². The van der Waals surface area contributed by atoms with Gasteiger partial charge in [-0.25, -0.2) is 9.49 Å². The van der Waals surface area contributed by atoms with Crippen LogP contribution in [-0.4, -0.2) is 58.1 Å². The Morgan fingerprint density at radius 3 is 2.60 bits per heavy atom. The minimum atomic E-state index is -0.507. The molecule has 2 fully saturated rings. The smallest absolute Gasteiger partial charge is 0.272 e. The number of aromatic amines is 1. The molecule has 0 aliphatic carbocycles. The predicted octanol–water partition coefficient (Wildman–Crippen LogP) is 2.57. The average Bonchev–Trinajstić information content (AvgIpc) is 3.25. The zero-order valence-electron chi connectivity index (χ0n) is 16.6. The molecule has 0 unspecified atom stereocenters. The summed E-state index contributed by atoms with van der Waals surface area (Å²) < 4.78 is 14.5. The summed E-state index contributed by atoms with van der Waals surface area (Å²) in [5.74, 6) is -0.767. The van der Waals surface area contributed by atoms with Crippen molar-refractivity contribution in [2.75, 3.05) is 26.2 Å². The maximum Gasteiger partial charge on any atom is 0.272 e. The van der Waals surface area contributed by atoms with Gasteiger partial charge in [-0.05, 0) is 49.7 Å². The van der Waals surface area contributed by atoms with Gasteiger partial charge in [-0.3, -0.25) is 14.5 Å². The maximum absolute atomic E-state index is 14.5. The van der Waals surface area contributed by atoms with E-state index in [1.807, 2.05) is 12.1 Å². The fourth-order valence-electron chi connectivity index (χ4n) is 4.48. The van der Waals surface area contributed by atoms with Gasteiger partial charge < -0.3 is 4.90 Å². The summed E-state index contributed by atoms with van der Waals surface area (Å²) in [5.41, 5.74) is 1.32. The minimum absolute atomic E-state index is 0.0982. The van der Waals surface area contributed by atoms with Gasteiger partial charge in [0.05, 0.1) is 16.6 Å². The van der Waals surface area contributed by atoms with E-state index in [2.05, 4.69) is 15.1 Å². The minimum Gasteiger partial charge on any atom is -0.335 e. The number of benzene rings is 2. The summed E-state index contributed by atoms with van der Waals surface area (Å²) in [4.78, 5) is 29.0. The highest BCUT2D eigenvalue weighted by molar-refractivity contribution is 5.95. The lowest BCUT2D eigenvalue weighted by Gasteiger charge is -2.44. The number of carbonyl (C=O) groups excluding carboxylic acids is 1. The van der Waals surface area contributed by atoms with Gasteiger partial charge in [0, 0.05) is 30.9 Å². The van der Waals surface area contributed by atoms with Crippen molar-refractivity contribution < 1.29 is 9.18 Å². The fourth-order valence-corrected chi connectivity index (χ4v) is 4.48. The molecule has 3 heterocycles. The second kappa shape index (κ2) is 7.65. The van der Waals surface area contributed by atoms with Crippen molar-refractivity contribution >= 4 is 16.7 Å². The summed E-state index contributed by atoms with van der Waals surface area (Å²) in [7, 11) is 0. The van der Waals surface area contributed by atoms with Crippen LogP contribution >= 0.6 is 0 Å². The zero-order valence-corrected chi connectivity index (χ0v) is 16.6. The molecule has 1 N–H and O–H groups in total. The summed E-state index contributed by atoms with van der Waals surface area (Å²) >= 11 is 0. The molecule has 1 amide bonds. The number of nitrogens with zero attached hydrogens (tertiary/aromatic N) is 3. The van der Waals surface area contributed by atoms with Gasteiger partial charge in [0.25, 0.3) is 11.5 Å². The molecule has 0 saturated carbocycles. The maximum atomic E-state index is 14.5. The van der Waals surface area contributed by atoms with Gasteiger partial charge in [0.1, 0.15) is 5.82 Å². The number of fused-ring (bicyclic) bond motifs is 1. The van der Waals surface area contributed by atoms with E-state index in [9.17, 15) is 14.0 Å². The Bertz CT molecular complexity index is 1160. The van der Waals surface area contributed by atoms with Crippen LogP contribution in [0.25, 0.3) is 10.8 Å². The summed E-state index contributed by atoms with van der Waals surface area (Å²) in [6.45, 7) is 3.51. The molecule has 0 spiro atoms. The molecular weight excluding hydrogens is 383 g/mol. The Morgan fingerprint density at radius 1 is 1.10 bits per heavy atom. The van der Waals surface area contributed by atoms with Crippen molar-refractivity contribution in [1.29, 1.82) is 0 Å². The van der Waals surface area contributed by atoms with Crippen molar-refractivity contribution in [2.45, 2.75) is 25.3 Å². The number of nitrogens with one attached hydrogen (secondary N) is 1. The van der Waals surface area contributed by atoms with E-state index in [1.165, 1.54) is 18.9 Å². The second-order valence-corrected chi connectivity index (χ2v) is 8.14. The van der Waals surface area contributed by atoms with Crippen LogP contribution in [0, 0.1) is 5.82 Å². The molecule has 6 nitrogen and oxygen atoms in total. The molecule has 2 saturated heterocycles. The Balaban J connectivity index is 1.36. The number of amides is 1. The lowest BCUT2D eigenvalue weighted by Crippen LogP contribution is -2.60. The third-order valence-electron chi connectivity index (χ3n) is 6.21. The van der Waals surface area contributed by atoms with Crippen LogP contribution < -0.4 is 5.56 Å². The highest BCUT2D eigenvalue weighted by Crippen LogP contribution is 2.24. The number of hydrogen-bond donors (Lipinski definition) is 1. The van der Waals surface area contributed by atoms with Gasteiger partial charge >= 0.3 is 0 Å². The Labute approximate surface area is 173 Å². The Hall–Kier alpha value is -3.06. The van der Waals surface area contributed by atoms with Gasteiger partial charge in [0.2, 0.25) is 0 Å². The van der Waals surface area contributed by atoms with Crippen LogP contribution in [0.3, 0.4) is 0 Å². The Morgan fingerprint density at radius 2 is 1.83 bits per heavy atom. The van der Waals surface area contributed by atoms with E-state index in [0.29, 0.717) is 36.6 Å². The highest BCUT2D eigenvalue weighted by atomic mass is 19.1. The molecule has 5 rings (SSSR count). The van der Waals surface area contributed by atoms with Crippen LogP contribution in [0.5, 0.6) is 0 Å². The molecule has 2 aromatic carbocycles. The van der Waals surface area contributed by atoms with Crippen LogP contribution in [-0.2, 0) is 6.42 Å². The van der Waals surface area contributed by atoms with E-state index in [-0.39, 0.29) is 17.0 Å². The number of aromatic nitrogens is 2. The van der Waals surface area contributed by atoms with Gasteiger partial charge in [0.15, 0.2) is 0 Å². The standard InChI is InChI=1S/C23H23FN4O2/c24-20-8-7-15(12-21-17-5-1-2-6-18(17)22(29)26-25-21)11-19(20)23(30)28-13-16(14-28)27-9-3-4-10-27/h1-2,5-8,11,16H,3-4,9-10,12-14H2,(H,26,29). The van der Waals surface area contributed by atoms with Crippen molar-refractivity contribution in [2.24, 2.45) is 0 Å². The molecule has 30 heavy (non-hydrogen) atoms. The molecule has 3 aromatic rings. The largest absolute Gasteiger partial charge is 0.335 e. The normalized spacial score (nSPS) is 17.4. The zero-order chi connectivity index (χ0) is 20.7. The van der Waals surface area contributed by atoms with Gasteiger partial charge in [-0.15, -0.1) is 0 Å². The quantitative estimate of drug-likeness (QED) is 0.723. The van der Waals surface area contributed by atoms with Crippen LogP contribution in [0.1, 0.15) is 34.5 Å². The lowest BCUT2D eigenvalue weighted by molar-refractivity contribution is 0.0330. The number of H-pyrrole nitrogens is 1. The van der Waals surface area contributed by atoms with Crippen LogP contribution in [0.4, 0.5) is 4.39 Å². The van der Waals surface area contributed by atoms with Gasteiger partial charge in [-0.1, -0.05) is 24.3 Å². The monoisotopic (exact) mass is 406 g/mol. The first-order valence-corrected chi connectivity index (χ1v) is 10.4. The molecule has 154 valence electrons. The number of hydrogen-bond acceptors (Lipinski definition) is 4. The second-order valence-electron chi connectivity index (χ2n) is 8.14. The molecule has 2 aliphatic heterocycles. The SMILES string of the molecule is O=C(c1cc(Cc2n[nH]c(=O)c3ccccc23)ccc1F)N1CC(N2CCCC2)C1. The molecule has 0 atom stereocenters. The van der Waals surface area contributed by atoms with E-state index in [0.717, 1.165) is 24.0 Å². The highest BCUT2D eigenvalue weighted by Gasteiger charge is 2.36. The molecule has 1 aromatic heterocycles. The third-order valence-corrected chi connectivity index (χ3v) is 6.21. The number of carbonyl (C=O) groups is 1. The summed E-state index contributed by atoms with van der Waals surface area (Å²) in [5, 5.41) is 8.03. The topological polar surface area (TPSA) is 69.3 Å². The van der Waals surface area contributed by atoms with Crippen molar-refractivity contribution in [3.05, 3.63) is 75.5 Å². The third kappa shape index (κ3) is 3.39. The van der Waals surface area contributed by atoms with Gasteiger partial charge in [-0.2, -0.15) is 5.10 Å². The molecule has 0 radical (unpaired) electrons. The number of likely N-dealkylation sites (tertiary alicyclic amines) is 2. The van der Waals surface area contributed by atoms with E-state index in [4.69, 9.17) is 0 Å². The summed E-state index contributed by atoms with van der Waals surface area (Å²) in [6, 6.07) is 12.3. The first kappa shape index (κ1) is 18.9. The Kier molecular flexibility index (Phi) is 4.83.